The summed E-state index contributed by atoms with van der Waals surface area (Å²) >= 11 is 0. The van der Waals surface area contributed by atoms with Crippen LogP contribution < -0.4 is 9.47 Å². The van der Waals surface area contributed by atoms with Gasteiger partial charge in [-0.25, -0.2) is 4.98 Å². The van der Waals surface area contributed by atoms with Crippen molar-refractivity contribution >= 4 is 0 Å². The quantitative estimate of drug-likeness (QED) is 0.618. The van der Waals surface area contributed by atoms with E-state index in [1.54, 1.807) is 14.2 Å². The third-order valence-corrected chi connectivity index (χ3v) is 5.22. The first-order valence-corrected chi connectivity index (χ1v) is 9.74. The van der Waals surface area contributed by atoms with E-state index >= 15 is 0 Å². The van der Waals surface area contributed by atoms with Crippen LogP contribution in [0.1, 0.15) is 19.3 Å². The van der Waals surface area contributed by atoms with Crippen LogP contribution in [-0.2, 0) is 11.3 Å². The van der Waals surface area contributed by atoms with E-state index in [1.165, 1.54) is 6.42 Å². The molecule has 5 nitrogen and oxygen atoms in total. The summed E-state index contributed by atoms with van der Waals surface area (Å²) in [6.45, 7) is 1.64. The van der Waals surface area contributed by atoms with E-state index in [2.05, 4.69) is 22.8 Å². The molecular weight excluding hydrogens is 352 g/mol. The Kier molecular flexibility index (Phi) is 5.63. The first kappa shape index (κ1) is 18.6. The minimum absolute atomic E-state index is 0.227. The van der Waals surface area contributed by atoms with E-state index < -0.39 is 0 Å². The van der Waals surface area contributed by atoms with Crippen LogP contribution in [0.4, 0.5) is 0 Å². The third kappa shape index (κ3) is 3.76. The lowest BCUT2D eigenvalue weighted by molar-refractivity contribution is 0.00623. The lowest BCUT2D eigenvalue weighted by Crippen LogP contribution is -2.24. The van der Waals surface area contributed by atoms with Crippen molar-refractivity contribution in [2.75, 3.05) is 20.8 Å². The molecule has 3 aromatic rings. The number of hydrogen-bond donors (Lipinski definition) is 0. The highest BCUT2D eigenvalue weighted by Crippen LogP contribution is 2.37. The lowest BCUT2D eigenvalue weighted by Gasteiger charge is -2.24. The second-order valence-electron chi connectivity index (χ2n) is 7.02. The molecule has 0 saturated carbocycles. The van der Waals surface area contributed by atoms with Gasteiger partial charge >= 0.3 is 0 Å². The predicted molar refractivity (Wildman–Crippen MR) is 110 cm³/mol. The number of methoxy groups -OCH3 is 2. The Hall–Kier alpha value is -2.79. The van der Waals surface area contributed by atoms with Gasteiger partial charge in [-0.05, 0) is 37.5 Å². The fourth-order valence-electron chi connectivity index (χ4n) is 3.78. The third-order valence-electron chi connectivity index (χ3n) is 5.22. The molecular formula is C23H26N2O3. The molecule has 1 aliphatic rings. The van der Waals surface area contributed by atoms with Gasteiger partial charge in [0.25, 0.3) is 0 Å². The Morgan fingerprint density at radius 3 is 2.54 bits per heavy atom. The maximum absolute atomic E-state index is 5.98. The fraction of sp³-hybridized carbons (Fsp3) is 0.348. The topological polar surface area (TPSA) is 45.5 Å². The summed E-state index contributed by atoms with van der Waals surface area (Å²) in [7, 11) is 3.31. The number of aromatic nitrogens is 2. The average Bonchev–Trinajstić information content (AvgIpc) is 3.18. The van der Waals surface area contributed by atoms with Gasteiger partial charge in [0.15, 0.2) is 11.5 Å². The van der Waals surface area contributed by atoms with Gasteiger partial charge in [-0.15, -0.1) is 0 Å². The SMILES string of the molecule is COc1ccc(-c2c(-c3ccccc3)ncn2C[C@@H]2CCCCO2)cc1OC. The van der Waals surface area contributed by atoms with Crippen LogP contribution in [-0.4, -0.2) is 36.5 Å². The van der Waals surface area contributed by atoms with Crippen molar-refractivity contribution in [2.45, 2.75) is 31.9 Å². The Bertz CT molecular complexity index is 915. The second kappa shape index (κ2) is 8.48. The molecule has 1 atom stereocenters. The maximum Gasteiger partial charge on any atom is 0.161 e. The number of nitrogens with zero attached hydrogens (tertiary/aromatic N) is 2. The van der Waals surface area contributed by atoms with Crippen LogP contribution in [0.15, 0.2) is 54.9 Å². The molecule has 1 saturated heterocycles. The highest BCUT2D eigenvalue weighted by atomic mass is 16.5. The van der Waals surface area contributed by atoms with Gasteiger partial charge in [0, 0.05) is 17.7 Å². The molecule has 28 heavy (non-hydrogen) atoms. The molecule has 0 bridgehead atoms. The zero-order valence-electron chi connectivity index (χ0n) is 16.4. The largest absolute Gasteiger partial charge is 0.493 e. The van der Waals surface area contributed by atoms with Crippen LogP contribution >= 0.6 is 0 Å². The summed E-state index contributed by atoms with van der Waals surface area (Å²) < 4.78 is 19.1. The summed E-state index contributed by atoms with van der Waals surface area (Å²) in [4.78, 5) is 4.76. The van der Waals surface area contributed by atoms with E-state index in [9.17, 15) is 0 Å². The van der Waals surface area contributed by atoms with Crippen molar-refractivity contribution in [1.29, 1.82) is 0 Å². The number of imidazole rings is 1. The molecule has 1 aliphatic heterocycles. The Morgan fingerprint density at radius 1 is 1.00 bits per heavy atom. The highest BCUT2D eigenvalue weighted by Gasteiger charge is 2.21. The Labute approximate surface area is 165 Å². The Morgan fingerprint density at radius 2 is 1.82 bits per heavy atom. The van der Waals surface area contributed by atoms with Crippen LogP contribution in [0.5, 0.6) is 11.5 Å². The van der Waals surface area contributed by atoms with E-state index in [1.807, 2.05) is 36.7 Å². The van der Waals surface area contributed by atoms with Crippen LogP contribution in [0.2, 0.25) is 0 Å². The number of rotatable bonds is 6. The molecule has 0 unspecified atom stereocenters. The standard InChI is InChI=1S/C23H26N2O3/c1-26-20-12-11-18(14-21(20)27-2)23-22(17-8-4-3-5-9-17)24-16-25(23)15-19-10-6-7-13-28-19/h3-5,8-9,11-12,14,16,19H,6-7,10,13,15H2,1-2H3/t19-/m0/s1. The van der Waals surface area contributed by atoms with E-state index in [4.69, 9.17) is 19.2 Å². The van der Waals surface area contributed by atoms with Gasteiger partial charge in [-0.3, -0.25) is 0 Å². The second-order valence-corrected chi connectivity index (χ2v) is 7.02. The molecule has 0 radical (unpaired) electrons. The molecule has 0 amide bonds. The van der Waals surface area contributed by atoms with E-state index in [0.29, 0.717) is 11.5 Å². The molecule has 4 rings (SSSR count). The monoisotopic (exact) mass is 378 g/mol. The van der Waals surface area contributed by atoms with Crippen molar-refractivity contribution < 1.29 is 14.2 Å². The predicted octanol–water partition coefficient (Wildman–Crippen LogP) is 4.80. The smallest absolute Gasteiger partial charge is 0.161 e. The van der Waals surface area contributed by atoms with Gasteiger partial charge in [0.2, 0.25) is 0 Å². The summed E-state index contributed by atoms with van der Waals surface area (Å²) in [6.07, 6.45) is 5.61. The van der Waals surface area contributed by atoms with Gasteiger partial charge in [0.05, 0.1) is 44.6 Å². The maximum atomic E-state index is 5.98. The van der Waals surface area contributed by atoms with E-state index in [-0.39, 0.29) is 6.10 Å². The van der Waals surface area contributed by atoms with Crippen LogP contribution in [0.25, 0.3) is 22.5 Å². The highest BCUT2D eigenvalue weighted by molar-refractivity contribution is 5.79. The summed E-state index contributed by atoms with van der Waals surface area (Å²) in [6, 6.07) is 16.3. The molecule has 0 aliphatic carbocycles. The van der Waals surface area contributed by atoms with Crippen molar-refractivity contribution in [2.24, 2.45) is 0 Å². The minimum Gasteiger partial charge on any atom is -0.493 e. The average molecular weight is 378 g/mol. The van der Waals surface area contributed by atoms with Crippen molar-refractivity contribution in [3.05, 3.63) is 54.9 Å². The van der Waals surface area contributed by atoms with E-state index in [0.717, 1.165) is 48.5 Å². The van der Waals surface area contributed by atoms with Crippen LogP contribution in [0, 0.1) is 0 Å². The number of hydrogen-bond acceptors (Lipinski definition) is 4. The zero-order valence-corrected chi connectivity index (χ0v) is 16.4. The summed E-state index contributed by atoms with van der Waals surface area (Å²) in [5, 5.41) is 0. The first-order valence-electron chi connectivity index (χ1n) is 9.74. The fourth-order valence-corrected chi connectivity index (χ4v) is 3.78. The molecule has 146 valence electrons. The molecule has 0 spiro atoms. The van der Waals surface area contributed by atoms with Gasteiger partial charge in [-0.2, -0.15) is 0 Å². The van der Waals surface area contributed by atoms with Gasteiger partial charge in [0.1, 0.15) is 0 Å². The molecule has 2 heterocycles. The summed E-state index contributed by atoms with van der Waals surface area (Å²) in [5.41, 5.74) is 4.17. The minimum atomic E-state index is 0.227. The molecule has 2 aromatic carbocycles. The molecule has 1 fully saturated rings. The lowest BCUT2D eigenvalue weighted by atomic mass is 10.0. The van der Waals surface area contributed by atoms with Crippen molar-refractivity contribution in [3.63, 3.8) is 0 Å². The van der Waals surface area contributed by atoms with Gasteiger partial charge < -0.3 is 18.8 Å². The Balaban J connectivity index is 1.79. The van der Waals surface area contributed by atoms with Crippen molar-refractivity contribution in [3.8, 4) is 34.0 Å². The molecule has 0 N–H and O–H groups in total. The first-order chi connectivity index (χ1) is 13.8. The number of benzene rings is 2. The molecule has 5 heteroatoms. The number of ether oxygens (including phenoxy) is 3. The van der Waals surface area contributed by atoms with Gasteiger partial charge in [-0.1, -0.05) is 30.3 Å². The molecule has 1 aromatic heterocycles. The normalized spacial score (nSPS) is 16.7. The summed E-state index contributed by atoms with van der Waals surface area (Å²) in [5.74, 6) is 1.43. The zero-order chi connectivity index (χ0) is 19.3. The van der Waals surface area contributed by atoms with Crippen molar-refractivity contribution in [1.82, 2.24) is 9.55 Å². The van der Waals surface area contributed by atoms with Crippen LogP contribution in [0.3, 0.4) is 0 Å².